The van der Waals surface area contributed by atoms with Crippen molar-refractivity contribution in [1.82, 2.24) is 25.4 Å². The molecule has 2 aliphatic heterocycles. The molecular formula is C29H39N5O4S. The van der Waals surface area contributed by atoms with Gasteiger partial charge in [0, 0.05) is 73.9 Å². The van der Waals surface area contributed by atoms with E-state index in [0.717, 1.165) is 73.2 Å². The third-order valence-electron chi connectivity index (χ3n) is 8.51. The highest BCUT2D eigenvalue weighted by Gasteiger charge is 2.32. The first-order valence-electron chi connectivity index (χ1n) is 14.0. The molecule has 5 rings (SSSR count). The predicted molar refractivity (Wildman–Crippen MR) is 152 cm³/mol. The van der Waals surface area contributed by atoms with Gasteiger partial charge >= 0.3 is 0 Å². The Labute approximate surface area is 233 Å². The molecule has 0 bridgehead atoms. The van der Waals surface area contributed by atoms with E-state index in [-0.39, 0.29) is 29.6 Å². The molecule has 10 heteroatoms. The molecule has 1 aliphatic carbocycles. The van der Waals surface area contributed by atoms with Crippen LogP contribution in [0.2, 0.25) is 0 Å². The molecule has 1 aromatic heterocycles. The molecule has 210 valence electrons. The molecule has 0 spiro atoms. The second kappa shape index (κ2) is 12.1. The fourth-order valence-electron chi connectivity index (χ4n) is 6.26. The van der Waals surface area contributed by atoms with E-state index in [1.54, 1.807) is 17.8 Å². The van der Waals surface area contributed by atoms with Gasteiger partial charge in [-0.05, 0) is 69.4 Å². The minimum atomic E-state index is -0.226. The van der Waals surface area contributed by atoms with Crippen molar-refractivity contribution < 1.29 is 19.5 Å². The van der Waals surface area contributed by atoms with Crippen LogP contribution in [0.4, 0.5) is 0 Å². The topological polar surface area (TPSA) is 118 Å². The first-order chi connectivity index (χ1) is 18.9. The number of aromatic amines is 1. The maximum atomic E-state index is 12.7. The Balaban J connectivity index is 1.03. The van der Waals surface area contributed by atoms with Crippen molar-refractivity contribution in [3.05, 3.63) is 35.4 Å². The summed E-state index contributed by atoms with van der Waals surface area (Å²) in [6.45, 7) is 4.54. The number of H-pyrrole nitrogens is 1. The average Bonchev–Trinajstić information content (AvgIpc) is 3.43. The van der Waals surface area contributed by atoms with Gasteiger partial charge in [0.2, 0.25) is 5.91 Å². The molecule has 2 fully saturated rings. The largest absolute Gasteiger partial charge is 0.508 e. The van der Waals surface area contributed by atoms with Crippen LogP contribution >= 0.6 is 11.8 Å². The monoisotopic (exact) mass is 553 g/mol. The summed E-state index contributed by atoms with van der Waals surface area (Å²) in [5, 5.41) is 19.3. The lowest BCUT2D eigenvalue weighted by molar-refractivity contribution is -0.138. The highest BCUT2D eigenvalue weighted by molar-refractivity contribution is 7.98. The summed E-state index contributed by atoms with van der Waals surface area (Å²) in [6, 6.07) is 3.80. The van der Waals surface area contributed by atoms with E-state index < -0.39 is 0 Å². The van der Waals surface area contributed by atoms with E-state index in [2.05, 4.69) is 26.8 Å². The highest BCUT2D eigenvalue weighted by Crippen LogP contribution is 2.36. The maximum absolute atomic E-state index is 12.7. The molecule has 3 aliphatic rings. The number of phenolic OH excluding ortho intramolecular Hbond substituents is 1. The van der Waals surface area contributed by atoms with Crippen LogP contribution in [0.25, 0.3) is 10.9 Å². The van der Waals surface area contributed by atoms with Gasteiger partial charge in [-0.3, -0.25) is 24.2 Å². The maximum Gasteiger partial charge on any atom is 0.253 e. The van der Waals surface area contributed by atoms with Gasteiger partial charge in [0.05, 0.1) is 10.5 Å². The summed E-state index contributed by atoms with van der Waals surface area (Å²) < 4.78 is 0. The molecular weight excluding hydrogens is 514 g/mol. The van der Waals surface area contributed by atoms with Crippen LogP contribution < -0.4 is 10.6 Å². The molecule has 1 saturated carbocycles. The van der Waals surface area contributed by atoms with Gasteiger partial charge in [0.15, 0.2) is 0 Å². The van der Waals surface area contributed by atoms with Crippen molar-refractivity contribution >= 4 is 40.4 Å². The first-order valence-corrected chi connectivity index (χ1v) is 15.2. The van der Waals surface area contributed by atoms with Crippen molar-refractivity contribution in [2.75, 3.05) is 39.5 Å². The number of likely N-dealkylation sites (tertiary alicyclic amines) is 1. The molecule has 3 amide bonds. The van der Waals surface area contributed by atoms with Gasteiger partial charge in [0.25, 0.3) is 11.8 Å². The Hall–Kier alpha value is -2.82. The SMILES string of the molecule is CNCc1c(SC)[nH]c2c(CN3CC(CCNC(=O)C4CCC(CN5C(=O)C=CC5=O)CC4)C3)c(O)ccc12. The zero-order chi connectivity index (χ0) is 27.5. The van der Waals surface area contributed by atoms with Crippen molar-refractivity contribution in [2.45, 2.75) is 50.2 Å². The smallest absolute Gasteiger partial charge is 0.253 e. The van der Waals surface area contributed by atoms with E-state index >= 15 is 0 Å². The van der Waals surface area contributed by atoms with Gasteiger partial charge in [-0.1, -0.05) is 0 Å². The molecule has 0 atom stereocenters. The van der Waals surface area contributed by atoms with Gasteiger partial charge in [0.1, 0.15) is 5.75 Å². The van der Waals surface area contributed by atoms with E-state index in [1.807, 2.05) is 13.1 Å². The van der Waals surface area contributed by atoms with Gasteiger partial charge in [-0.2, -0.15) is 0 Å². The number of carbonyl (C=O) groups excluding carboxylic acids is 3. The molecule has 0 unspecified atom stereocenters. The lowest BCUT2D eigenvalue weighted by atomic mass is 9.81. The Kier molecular flexibility index (Phi) is 8.64. The van der Waals surface area contributed by atoms with E-state index in [4.69, 9.17) is 0 Å². The molecule has 0 radical (unpaired) electrons. The zero-order valence-corrected chi connectivity index (χ0v) is 23.6. The van der Waals surface area contributed by atoms with Crippen molar-refractivity contribution in [3.8, 4) is 5.75 Å². The zero-order valence-electron chi connectivity index (χ0n) is 22.8. The number of carbonyl (C=O) groups is 3. The fraction of sp³-hybridized carbons (Fsp3) is 0.552. The second-order valence-electron chi connectivity index (χ2n) is 11.1. The number of amides is 3. The molecule has 9 nitrogen and oxygen atoms in total. The standard InChI is InChI=1S/C29H39N5O4S/c1-30-13-22-21-7-8-24(35)23(27(21)32-29(22)39-2)17-33-14-19(15-33)11-12-31-28(38)20-5-3-18(4-6-20)16-34-25(36)9-10-26(34)37/h7-10,18-20,30,32,35H,3-6,11-17H2,1-2H3,(H,31,38). The number of aromatic nitrogens is 1. The van der Waals surface area contributed by atoms with Crippen molar-refractivity contribution in [2.24, 2.45) is 17.8 Å². The summed E-state index contributed by atoms with van der Waals surface area (Å²) >= 11 is 1.69. The summed E-state index contributed by atoms with van der Waals surface area (Å²) in [5.74, 6) is 0.841. The van der Waals surface area contributed by atoms with E-state index in [0.29, 0.717) is 31.3 Å². The lowest BCUT2D eigenvalue weighted by Crippen LogP contribution is -2.47. The number of thioether (sulfide) groups is 1. The molecule has 1 saturated heterocycles. The van der Waals surface area contributed by atoms with Gasteiger partial charge < -0.3 is 20.7 Å². The summed E-state index contributed by atoms with van der Waals surface area (Å²) in [4.78, 5) is 43.5. The van der Waals surface area contributed by atoms with Crippen LogP contribution in [0, 0.1) is 17.8 Å². The number of nitrogens with one attached hydrogen (secondary N) is 3. The third-order valence-corrected chi connectivity index (χ3v) is 9.27. The summed E-state index contributed by atoms with van der Waals surface area (Å²) in [6.07, 6.45) is 9.01. The lowest BCUT2D eigenvalue weighted by Gasteiger charge is -2.39. The average molecular weight is 554 g/mol. The number of hydrogen-bond acceptors (Lipinski definition) is 7. The molecule has 2 aromatic rings. The van der Waals surface area contributed by atoms with Crippen molar-refractivity contribution in [3.63, 3.8) is 0 Å². The van der Waals surface area contributed by atoms with Crippen LogP contribution in [0.1, 0.15) is 43.2 Å². The minimum absolute atomic E-state index is 0.0190. The predicted octanol–water partition coefficient (Wildman–Crippen LogP) is 2.98. The number of benzene rings is 1. The Bertz CT molecular complexity index is 1240. The summed E-state index contributed by atoms with van der Waals surface area (Å²) in [5.41, 5.74) is 3.20. The van der Waals surface area contributed by atoms with Crippen molar-refractivity contribution in [1.29, 1.82) is 0 Å². The van der Waals surface area contributed by atoms with E-state index in [1.165, 1.54) is 22.6 Å². The molecule has 39 heavy (non-hydrogen) atoms. The number of aromatic hydroxyl groups is 1. The van der Waals surface area contributed by atoms with Crippen LogP contribution in [-0.4, -0.2) is 77.1 Å². The molecule has 3 heterocycles. The highest BCUT2D eigenvalue weighted by atomic mass is 32.2. The normalized spacial score (nSPS) is 22.2. The Morgan fingerprint density at radius 1 is 1.08 bits per heavy atom. The van der Waals surface area contributed by atoms with Gasteiger partial charge in [-0.15, -0.1) is 11.8 Å². The Morgan fingerprint density at radius 2 is 1.79 bits per heavy atom. The first kappa shape index (κ1) is 27.7. The van der Waals surface area contributed by atoms with Crippen LogP contribution in [0.15, 0.2) is 29.3 Å². The quantitative estimate of drug-likeness (QED) is 0.250. The summed E-state index contributed by atoms with van der Waals surface area (Å²) in [7, 11) is 1.94. The van der Waals surface area contributed by atoms with Crippen LogP contribution in [0.5, 0.6) is 5.75 Å². The number of phenols is 1. The molecule has 4 N–H and O–H groups in total. The minimum Gasteiger partial charge on any atom is -0.508 e. The number of nitrogens with zero attached hydrogens (tertiary/aromatic N) is 2. The molecule has 1 aromatic carbocycles. The fourth-order valence-corrected chi connectivity index (χ4v) is 6.89. The van der Waals surface area contributed by atoms with Crippen LogP contribution in [0.3, 0.4) is 0 Å². The number of fused-ring (bicyclic) bond motifs is 1. The van der Waals surface area contributed by atoms with Crippen LogP contribution in [-0.2, 0) is 27.5 Å². The third kappa shape index (κ3) is 6.02. The number of rotatable bonds is 11. The number of imide groups is 1. The number of hydrogen-bond donors (Lipinski definition) is 4. The van der Waals surface area contributed by atoms with E-state index in [9.17, 15) is 19.5 Å². The van der Waals surface area contributed by atoms with Gasteiger partial charge in [-0.25, -0.2) is 0 Å². The Morgan fingerprint density at radius 3 is 2.46 bits per heavy atom. The second-order valence-corrected chi connectivity index (χ2v) is 11.9.